The second-order valence-corrected chi connectivity index (χ2v) is 8.47. The van der Waals surface area contributed by atoms with E-state index in [4.69, 9.17) is 10.9 Å². The summed E-state index contributed by atoms with van der Waals surface area (Å²) in [4.78, 5) is 14.4. The summed E-state index contributed by atoms with van der Waals surface area (Å²) in [6.45, 7) is 3.21. The van der Waals surface area contributed by atoms with E-state index in [0.29, 0.717) is 11.1 Å². The maximum absolute atomic E-state index is 14.2. The van der Waals surface area contributed by atoms with Crippen LogP contribution in [0.15, 0.2) is 35.2 Å². The Kier molecular flexibility index (Phi) is 11.6. The summed E-state index contributed by atoms with van der Waals surface area (Å²) >= 11 is 1.28. The second kappa shape index (κ2) is 13.3. The minimum absolute atomic E-state index is 0.0738. The van der Waals surface area contributed by atoms with E-state index in [1.54, 1.807) is 6.92 Å². The Morgan fingerprint density at radius 1 is 1.16 bits per heavy atom. The van der Waals surface area contributed by atoms with Crippen molar-refractivity contribution in [3.63, 3.8) is 0 Å². The first-order chi connectivity index (χ1) is 15.0. The highest BCUT2D eigenvalue weighted by atomic mass is 32.2. The Balaban J connectivity index is 0.000000363. The van der Waals surface area contributed by atoms with Crippen LogP contribution in [-0.4, -0.2) is 31.5 Å². The van der Waals surface area contributed by atoms with Crippen molar-refractivity contribution in [1.82, 2.24) is 4.90 Å². The van der Waals surface area contributed by atoms with Crippen molar-refractivity contribution in [2.45, 2.75) is 57.6 Å². The third-order valence-corrected chi connectivity index (χ3v) is 5.13. The first kappa shape index (κ1) is 27.8. The number of ether oxygens (including phenoxy) is 1. The summed E-state index contributed by atoms with van der Waals surface area (Å²) in [7, 11) is 4.12. The molecule has 2 aromatic rings. The molecule has 0 unspecified atom stereocenters. The average Bonchev–Trinajstić information content (AvgIpc) is 2.70. The van der Waals surface area contributed by atoms with Crippen LogP contribution in [0.5, 0.6) is 5.75 Å². The Hall–Kier alpha value is -2.23. The molecule has 0 bridgehead atoms. The second-order valence-electron chi connectivity index (χ2n) is 7.76. The summed E-state index contributed by atoms with van der Waals surface area (Å²) in [6, 6.07) is 9.53. The van der Waals surface area contributed by atoms with Crippen molar-refractivity contribution in [3.8, 4) is 5.75 Å². The maximum atomic E-state index is 14.2. The van der Waals surface area contributed by atoms with Gasteiger partial charge in [0.25, 0.3) is 0 Å². The van der Waals surface area contributed by atoms with Crippen LogP contribution < -0.4 is 15.6 Å². The molecule has 178 valence electrons. The number of hydrogen-bond donors (Lipinski definition) is 2. The number of rotatable bonds is 9. The predicted molar refractivity (Wildman–Crippen MR) is 123 cm³/mol. The van der Waals surface area contributed by atoms with E-state index in [1.807, 2.05) is 26.0 Å². The molecule has 0 saturated heterocycles. The third kappa shape index (κ3) is 8.72. The first-order valence-electron chi connectivity index (χ1n) is 10.2. The zero-order valence-electron chi connectivity index (χ0n) is 19.1. The van der Waals surface area contributed by atoms with Gasteiger partial charge in [-0.2, -0.15) is 8.78 Å². The van der Waals surface area contributed by atoms with Gasteiger partial charge in [0.2, 0.25) is 5.91 Å². The number of primary amides is 1. The quantitative estimate of drug-likeness (QED) is 0.511. The van der Waals surface area contributed by atoms with Gasteiger partial charge < -0.3 is 15.4 Å². The van der Waals surface area contributed by atoms with Crippen molar-refractivity contribution >= 4 is 17.9 Å². The molecule has 0 saturated carbocycles. The van der Waals surface area contributed by atoms with Gasteiger partial charge in [0, 0.05) is 11.4 Å². The average molecular weight is 472 g/mol. The Morgan fingerprint density at radius 3 is 2.16 bits per heavy atom. The van der Waals surface area contributed by atoms with Gasteiger partial charge in [-0.15, -0.1) is 0 Å². The summed E-state index contributed by atoms with van der Waals surface area (Å²) < 4.78 is 43.0. The Labute approximate surface area is 192 Å². The standard InChI is InChI=1S/C14H18F3NO2.C9H14N2S/c1-4-8-10(6-12(18)19)9(7(2)3)5-11(13(8)15)20-14(16)17;1-11(2)7-8-3-5-9(12-10)6-4-8/h5,7,14H,4,6H2,1-3H3,(H2,18,19);3-6H,7,10H2,1-2H3. The molecule has 4 N–H and O–H groups in total. The van der Waals surface area contributed by atoms with Gasteiger partial charge in [-0.05, 0) is 78.8 Å². The molecule has 9 heteroatoms. The molecule has 0 aliphatic heterocycles. The van der Waals surface area contributed by atoms with Crippen LogP contribution in [0.3, 0.4) is 0 Å². The highest BCUT2D eigenvalue weighted by Gasteiger charge is 2.22. The topological polar surface area (TPSA) is 81.6 Å². The van der Waals surface area contributed by atoms with Gasteiger partial charge in [-0.3, -0.25) is 9.93 Å². The molecule has 2 rings (SSSR count). The number of nitrogens with two attached hydrogens (primary N) is 2. The highest BCUT2D eigenvalue weighted by molar-refractivity contribution is 7.97. The van der Waals surface area contributed by atoms with Crippen LogP contribution in [0.1, 0.15) is 48.9 Å². The van der Waals surface area contributed by atoms with Crippen molar-refractivity contribution in [2.75, 3.05) is 14.1 Å². The fraction of sp³-hybridized carbons (Fsp3) is 0.435. The predicted octanol–water partition coefficient (Wildman–Crippen LogP) is 4.85. The van der Waals surface area contributed by atoms with E-state index in [2.05, 4.69) is 35.9 Å². The molecule has 0 aliphatic rings. The Bertz CT molecular complexity index is 876. The van der Waals surface area contributed by atoms with Crippen LogP contribution in [0.4, 0.5) is 13.2 Å². The SMILES string of the molecule is CCc1c(F)c(OC(F)F)cc(C(C)C)c1CC(N)=O.CN(C)Cc1ccc(SN)cc1. The zero-order valence-corrected chi connectivity index (χ0v) is 19.9. The smallest absolute Gasteiger partial charge is 0.387 e. The molecule has 0 atom stereocenters. The minimum atomic E-state index is -3.10. The molecule has 32 heavy (non-hydrogen) atoms. The largest absolute Gasteiger partial charge is 0.432 e. The molecule has 5 nitrogen and oxygen atoms in total. The fourth-order valence-corrected chi connectivity index (χ4v) is 3.53. The number of carbonyl (C=O) groups excluding carboxylic acids is 1. The summed E-state index contributed by atoms with van der Waals surface area (Å²) in [5.74, 6) is -2.01. The maximum Gasteiger partial charge on any atom is 0.387 e. The number of halogens is 3. The summed E-state index contributed by atoms with van der Waals surface area (Å²) in [5.41, 5.74) is 7.75. The van der Waals surface area contributed by atoms with Crippen LogP contribution in [0.2, 0.25) is 0 Å². The monoisotopic (exact) mass is 471 g/mol. The lowest BCUT2D eigenvalue weighted by Gasteiger charge is -2.19. The van der Waals surface area contributed by atoms with E-state index in [1.165, 1.54) is 23.6 Å². The highest BCUT2D eigenvalue weighted by Crippen LogP contribution is 2.33. The first-order valence-corrected chi connectivity index (χ1v) is 11.1. The molecule has 0 aromatic heterocycles. The van der Waals surface area contributed by atoms with Crippen molar-refractivity contribution < 1.29 is 22.7 Å². The van der Waals surface area contributed by atoms with E-state index in [-0.39, 0.29) is 24.3 Å². The number of nitrogens with zero attached hydrogens (tertiary/aromatic N) is 1. The molecular formula is C23H32F3N3O2S. The molecule has 1 amide bonds. The molecular weight excluding hydrogens is 439 g/mol. The minimum Gasteiger partial charge on any atom is -0.432 e. The van der Waals surface area contributed by atoms with Crippen molar-refractivity contribution in [3.05, 3.63) is 58.4 Å². The van der Waals surface area contributed by atoms with Gasteiger partial charge in [-0.1, -0.05) is 32.9 Å². The van der Waals surface area contributed by atoms with E-state index < -0.39 is 24.1 Å². The van der Waals surface area contributed by atoms with Crippen molar-refractivity contribution in [1.29, 1.82) is 0 Å². The number of amides is 1. The van der Waals surface area contributed by atoms with Gasteiger partial charge in [0.05, 0.1) is 6.42 Å². The van der Waals surface area contributed by atoms with Crippen LogP contribution in [0.25, 0.3) is 0 Å². The van der Waals surface area contributed by atoms with E-state index in [9.17, 15) is 18.0 Å². The number of alkyl halides is 2. The fourth-order valence-electron chi connectivity index (χ4n) is 3.23. The molecule has 0 fully saturated rings. The van der Waals surface area contributed by atoms with Crippen LogP contribution >= 0.6 is 11.9 Å². The molecule has 0 aliphatic carbocycles. The van der Waals surface area contributed by atoms with Crippen molar-refractivity contribution in [2.24, 2.45) is 10.9 Å². The molecule has 0 spiro atoms. The third-order valence-electron chi connectivity index (χ3n) is 4.58. The van der Waals surface area contributed by atoms with Gasteiger partial charge in [-0.25, -0.2) is 4.39 Å². The lowest BCUT2D eigenvalue weighted by molar-refractivity contribution is -0.117. The molecule has 2 aromatic carbocycles. The normalized spacial score (nSPS) is 11.0. The van der Waals surface area contributed by atoms with E-state index >= 15 is 0 Å². The van der Waals surface area contributed by atoms with E-state index in [0.717, 1.165) is 11.4 Å². The Morgan fingerprint density at radius 2 is 1.75 bits per heavy atom. The zero-order chi connectivity index (χ0) is 24.4. The summed E-state index contributed by atoms with van der Waals surface area (Å²) in [5, 5.41) is 5.41. The number of hydrogen-bond acceptors (Lipinski definition) is 5. The van der Waals surface area contributed by atoms with Gasteiger partial charge in [0.15, 0.2) is 11.6 Å². The number of benzene rings is 2. The van der Waals surface area contributed by atoms with Gasteiger partial charge >= 0.3 is 6.61 Å². The number of carbonyl (C=O) groups is 1. The lowest BCUT2D eigenvalue weighted by atomic mass is 9.89. The van der Waals surface area contributed by atoms with Gasteiger partial charge in [0.1, 0.15) is 0 Å². The molecule has 0 heterocycles. The lowest BCUT2D eigenvalue weighted by Crippen LogP contribution is -2.18. The molecule has 0 radical (unpaired) electrons. The van der Waals surface area contributed by atoms with Crippen LogP contribution in [0, 0.1) is 5.82 Å². The van der Waals surface area contributed by atoms with Crippen LogP contribution in [-0.2, 0) is 24.2 Å². The summed E-state index contributed by atoms with van der Waals surface area (Å²) in [6.07, 6.45) is 0.136.